The van der Waals surface area contributed by atoms with E-state index in [1.165, 1.54) is 12.3 Å². The summed E-state index contributed by atoms with van der Waals surface area (Å²) in [4.78, 5) is 16.0. The Labute approximate surface area is 128 Å². The van der Waals surface area contributed by atoms with Crippen molar-refractivity contribution in [3.63, 3.8) is 0 Å². The molecule has 1 heterocycles. The van der Waals surface area contributed by atoms with Gasteiger partial charge in [-0.1, -0.05) is 31.5 Å². The molecule has 22 heavy (non-hydrogen) atoms. The molecule has 0 aliphatic carbocycles. The number of nitrogens with two attached hydrogens (primary N) is 1. The van der Waals surface area contributed by atoms with Gasteiger partial charge in [-0.05, 0) is 24.5 Å². The minimum atomic E-state index is -0.352. The zero-order valence-electron chi connectivity index (χ0n) is 12.5. The molecule has 0 fully saturated rings. The first-order chi connectivity index (χ1) is 10.6. The summed E-state index contributed by atoms with van der Waals surface area (Å²) in [6.45, 7) is 2.34. The summed E-state index contributed by atoms with van der Waals surface area (Å²) >= 11 is 0. The molecule has 1 amide bonds. The van der Waals surface area contributed by atoms with Gasteiger partial charge in [0.2, 0.25) is 5.89 Å². The Bertz CT molecular complexity index is 627. The summed E-state index contributed by atoms with van der Waals surface area (Å²) in [5, 5.41) is 2.69. The van der Waals surface area contributed by atoms with Crippen molar-refractivity contribution in [3.05, 3.63) is 53.5 Å². The number of nitrogens with zero attached hydrogens (tertiary/aromatic N) is 1. The van der Waals surface area contributed by atoms with Crippen LogP contribution in [-0.4, -0.2) is 17.4 Å². The predicted molar refractivity (Wildman–Crippen MR) is 80.8 cm³/mol. The number of hydrogen-bond donors (Lipinski definition) is 2. The highest BCUT2D eigenvalue weighted by molar-refractivity contribution is 5.91. The van der Waals surface area contributed by atoms with Crippen LogP contribution in [0.1, 0.15) is 47.7 Å². The molecule has 1 aromatic carbocycles. The molecule has 5 nitrogen and oxygen atoms in total. The SMILES string of the molecule is CCCC(N)c1nc(C(=O)NCCc2ccccc2F)co1. The average molecular weight is 305 g/mol. The molecule has 0 bridgehead atoms. The van der Waals surface area contributed by atoms with E-state index in [2.05, 4.69) is 10.3 Å². The van der Waals surface area contributed by atoms with Gasteiger partial charge in [-0.25, -0.2) is 9.37 Å². The third kappa shape index (κ3) is 4.14. The van der Waals surface area contributed by atoms with Crippen LogP contribution in [0.15, 0.2) is 34.9 Å². The highest BCUT2D eigenvalue weighted by atomic mass is 19.1. The first-order valence-electron chi connectivity index (χ1n) is 7.34. The van der Waals surface area contributed by atoms with Crippen LogP contribution < -0.4 is 11.1 Å². The second-order valence-electron chi connectivity index (χ2n) is 5.06. The first kappa shape index (κ1) is 16.2. The number of aromatic nitrogens is 1. The molecule has 6 heteroatoms. The molecule has 1 aromatic heterocycles. The monoisotopic (exact) mass is 305 g/mol. The van der Waals surface area contributed by atoms with Gasteiger partial charge in [0.15, 0.2) is 5.69 Å². The average Bonchev–Trinajstić information content (AvgIpc) is 2.99. The van der Waals surface area contributed by atoms with Gasteiger partial charge in [-0.2, -0.15) is 0 Å². The summed E-state index contributed by atoms with van der Waals surface area (Å²) in [6, 6.07) is 6.19. The van der Waals surface area contributed by atoms with Crippen LogP contribution in [0.4, 0.5) is 4.39 Å². The minimum absolute atomic E-state index is 0.190. The topological polar surface area (TPSA) is 81.1 Å². The lowest BCUT2D eigenvalue weighted by Crippen LogP contribution is -2.26. The molecule has 0 radical (unpaired) electrons. The summed E-state index contributed by atoms with van der Waals surface area (Å²) in [6.07, 6.45) is 3.37. The Morgan fingerprint density at radius 2 is 2.23 bits per heavy atom. The number of nitrogens with one attached hydrogen (secondary N) is 1. The molecule has 0 spiro atoms. The van der Waals surface area contributed by atoms with Crippen LogP contribution in [0.25, 0.3) is 0 Å². The third-order valence-corrected chi connectivity index (χ3v) is 3.31. The molecule has 1 unspecified atom stereocenters. The number of halogens is 1. The van der Waals surface area contributed by atoms with Gasteiger partial charge in [-0.3, -0.25) is 4.79 Å². The van der Waals surface area contributed by atoms with Crippen molar-refractivity contribution in [3.8, 4) is 0 Å². The van der Waals surface area contributed by atoms with Crippen LogP contribution in [0.2, 0.25) is 0 Å². The summed E-state index contributed by atoms with van der Waals surface area (Å²) < 4.78 is 18.7. The lowest BCUT2D eigenvalue weighted by molar-refractivity contribution is 0.0949. The van der Waals surface area contributed by atoms with Gasteiger partial charge in [0.05, 0.1) is 6.04 Å². The van der Waals surface area contributed by atoms with Crippen molar-refractivity contribution in [2.75, 3.05) is 6.54 Å². The van der Waals surface area contributed by atoms with Gasteiger partial charge >= 0.3 is 0 Å². The highest BCUT2D eigenvalue weighted by Gasteiger charge is 2.16. The van der Waals surface area contributed by atoms with Crippen LogP contribution in [0.5, 0.6) is 0 Å². The van der Waals surface area contributed by atoms with Crippen LogP contribution in [0, 0.1) is 5.82 Å². The number of oxazole rings is 1. The van der Waals surface area contributed by atoms with E-state index in [0.29, 0.717) is 24.4 Å². The van der Waals surface area contributed by atoms with Crippen molar-refractivity contribution in [2.45, 2.75) is 32.2 Å². The fourth-order valence-corrected chi connectivity index (χ4v) is 2.10. The Hall–Kier alpha value is -2.21. The molecule has 1 atom stereocenters. The van der Waals surface area contributed by atoms with Crippen LogP contribution in [0.3, 0.4) is 0 Å². The Kier molecular flexibility index (Phi) is 5.66. The Morgan fingerprint density at radius 1 is 1.45 bits per heavy atom. The van der Waals surface area contributed by atoms with Gasteiger partial charge in [0.1, 0.15) is 12.1 Å². The van der Waals surface area contributed by atoms with E-state index in [4.69, 9.17) is 10.2 Å². The molecule has 0 aliphatic heterocycles. The molecule has 0 saturated heterocycles. The number of carbonyl (C=O) groups is 1. The maximum absolute atomic E-state index is 13.4. The van der Waals surface area contributed by atoms with Gasteiger partial charge < -0.3 is 15.5 Å². The molecule has 118 valence electrons. The number of rotatable bonds is 7. The number of carbonyl (C=O) groups excluding carboxylic acids is 1. The van der Waals surface area contributed by atoms with E-state index >= 15 is 0 Å². The Morgan fingerprint density at radius 3 is 2.95 bits per heavy atom. The standard InChI is InChI=1S/C16H20FN3O2/c1-2-5-13(18)16-20-14(10-22-16)15(21)19-9-8-11-6-3-4-7-12(11)17/h3-4,6-7,10,13H,2,5,8-9,18H2,1H3,(H,19,21). The van der Waals surface area contributed by atoms with E-state index in [1.54, 1.807) is 18.2 Å². The lowest BCUT2D eigenvalue weighted by atomic mass is 10.1. The van der Waals surface area contributed by atoms with Crippen LogP contribution in [-0.2, 0) is 6.42 Å². The van der Waals surface area contributed by atoms with E-state index in [1.807, 2.05) is 6.92 Å². The fraction of sp³-hybridized carbons (Fsp3) is 0.375. The molecular formula is C16H20FN3O2. The highest BCUT2D eigenvalue weighted by Crippen LogP contribution is 2.15. The number of amides is 1. The Balaban J connectivity index is 1.86. The quantitative estimate of drug-likeness (QED) is 0.824. The normalized spacial score (nSPS) is 12.1. The van der Waals surface area contributed by atoms with E-state index in [-0.39, 0.29) is 23.5 Å². The molecule has 0 saturated carbocycles. The van der Waals surface area contributed by atoms with E-state index in [0.717, 1.165) is 12.8 Å². The molecule has 2 aromatic rings. The minimum Gasteiger partial charge on any atom is -0.446 e. The summed E-state index contributed by atoms with van der Waals surface area (Å²) in [5.41, 5.74) is 6.64. The van der Waals surface area contributed by atoms with Crippen LogP contribution >= 0.6 is 0 Å². The second kappa shape index (κ2) is 7.70. The zero-order chi connectivity index (χ0) is 15.9. The van der Waals surface area contributed by atoms with Gasteiger partial charge in [-0.15, -0.1) is 0 Å². The number of benzene rings is 1. The maximum Gasteiger partial charge on any atom is 0.273 e. The molecular weight excluding hydrogens is 285 g/mol. The predicted octanol–water partition coefficient (Wildman–Crippen LogP) is 2.59. The third-order valence-electron chi connectivity index (χ3n) is 3.31. The first-order valence-corrected chi connectivity index (χ1v) is 7.34. The van der Waals surface area contributed by atoms with Crippen molar-refractivity contribution in [1.29, 1.82) is 0 Å². The molecule has 0 aliphatic rings. The molecule has 2 rings (SSSR count). The lowest BCUT2D eigenvalue weighted by Gasteiger charge is -2.05. The smallest absolute Gasteiger partial charge is 0.273 e. The summed E-state index contributed by atoms with van der Waals surface area (Å²) in [7, 11) is 0. The summed E-state index contributed by atoms with van der Waals surface area (Å²) in [5.74, 6) is -0.262. The zero-order valence-corrected chi connectivity index (χ0v) is 12.5. The second-order valence-corrected chi connectivity index (χ2v) is 5.06. The van der Waals surface area contributed by atoms with Crippen molar-refractivity contribution < 1.29 is 13.6 Å². The van der Waals surface area contributed by atoms with Gasteiger partial charge in [0, 0.05) is 6.54 Å². The number of hydrogen-bond acceptors (Lipinski definition) is 4. The maximum atomic E-state index is 13.4. The largest absolute Gasteiger partial charge is 0.446 e. The van der Waals surface area contributed by atoms with E-state index in [9.17, 15) is 9.18 Å². The van der Waals surface area contributed by atoms with Gasteiger partial charge in [0.25, 0.3) is 5.91 Å². The van der Waals surface area contributed by atoms with Crippen molar-refractivity contribution in [1.82, 2.24) is 10.3 Å². The fourth-order valence-electron chi connectivity index (χ4n) is 2.10. The van der Waals surface area contributed by atoms with Crippen molar-refractivity contribution in [2.24, 2.45) is 5.73 Å². The van der Waals surface area contributed by atoms with Crippen molar-refractivity contribution >= 4 is 5.91 Å². The van der Waals surface area contributed by atoms with E-state index < -0.39 is 0 Å². The molecule has 3 N–H and O–H groups in total.